The maximum absolute atomic E-state index is 11.0. The van der Waals surface area contributed by atoms with E-state index in [0.29, 0.717) is 5.88 Å². The number of thioether (sulfide) groups is 1. The molecule has 1 aromatic rings. The molecule has 1 aliphatic rings. The van der Waals surface area contributed by atoms with Crippen molar-refractivity contribution in [3.63, 3.8) is 0 Å². The number of nitrogens with one attached hydrogen (secondary N) is 2. The van der Waals surface area contributed by atoms with Gasteiger partial charge >= 0.3 is 6.03 Å². The predicted octanol–water partition coefficient (Wildman–Crippen LogP) is 1.69. The molecule has 1 aromatic carbocycles. The minimum atomic E-state index is -0.0902. The molecule has 2 rings (SSSR count). The van der Waals surface area contributed by atoms with Gasteiger partial charge in [-0.15, -0.1) is 11.8 Å². The fraction of sp³-hybridized carbons (Fsp3) is 0.222. The molecule has 0 aliphatic carbocycles. The molecule has 1 heterocycles. The monoisotopic (exact) mass is 194 g/mol. The summed E-state index contributed by atoms with van der Waals surface area (Å²) in [6, 6.07) is 9.87. The molecule has 1 saturated heterocycles. The molecule has 3 nitrogen and oxygen atoms in total. The molecular formula is C9H10N2OS. The SMILES string of the molecule is O=C1NCSC(c2ccccc2)N1. The van der Waals surface area contributed by atoms with Crippen molar-refractivity contribution in [1.82, 2.24) is 10.6 Å². The number of carbonyl (C=O) groups excluding carboxylic acids is 1. The molecule has 68 valence electrons. The van der Waals surface area contributed by atoms with E-state index in [9.17, 15) is 4.79 Å². The van der Waals surface area contributed by atoms with E-state index in [2.05, 4.69) is 10.6 Å². The van der Waals surface area contributed by atoms with Crippen LogP contribution in [0.1, 0.15) is 10.9 Å². The van der Waals surface area contributed by atoms with Gasteiger partial charge in [-0.2, -0.15) is 0 Å². The molecule has 0 radical (unpaired) electrons. The van der Waals surface area contributed by atoms with E-state index in [1.54, 1.807) is 11.8 Å². The molecule has 2 N–H and O–H groups in total. The summed E-state index contributed by atoms with van der Waals surface area (Å²) in [5.74, 6) is 0.672. The highest BCUT2D eigenvalue weighted by atomic mass is 32.2. The van der Waals surface area contributed by atoms with Crippen LogP contribution in [0.5, 0.6) is 0 Å². The standard InChI is InChI=1S/C9H10N2OS/c12-9-10-6-13-8(11-9)7-4-2-1-3-5-7/h1-5,8H,6H2,(H2,10,11,12). The third-order valence-corrected chi connectivity index (χ3v) is 2.88. The molecule has 1 unspecified atom stereocenters. The maximum atomic E-state index is 11.0. The Labute approximate surface area is 80.9 Å². The van der Waals surface area contributed by atoms with E-state index in [4.69, 9.17) is 0 Å². The summed E-state index contributed by atoms with van der Waals surface area (Å²) in [7, 11) is 0. The van der Waals surface area contributed by atoms with Gasteiger partial charge in [0.25, 0.3) is 0 Å². The Morgan fingerprint density at radius 3 is 2.77 bits per heavy atom. The number of urea groups is 1. The molecular weight excluding hydrogens is 184 g/mol. The topological polar surface area (TPSA) is 41.1 Å². The second-order valence-corrected chi connectivity index (χ2v) is 3.85. The van der Waals surface area contributed by atoms with Gasteiger partial charge in [0.2, 0.25) is 0 Å². The summed E-state index contributed by atoms with van der Waals surface area (Å²) in [5.41, 5.74) is 1.14. The van der Waals surface area contributed by atoms with Crippen LogP contribution in [0.3, 0.4) is 0 Å². The van der Waals surface area contributed by atoms with Crippen LogP contribution in [-0.4, -0.2) is 11.9 Å². The van der Waals surface area contributed by atoms with Gasteiger partial charge in [0, 0.05) is 0 Å². The zero-order valence-corrected chi connectivity index (χ0v) is 7.80. The fourth-order valence-corrected chi connectivity index (χ4v) is 2.13. The minimum Gasteiger partial charge on any atom is -0.329 e. The first-order valence-electron chi connectivity index (χ1n) is 4.07. The number of hydrogen-bond donors (Lipinski definition) is 2. The number of amides is 2. The van der Waals surface area contributed by atoms with E-state index in [-0.39, 0.29) is 11.4 Å². The maximum Gasteiger partial charge on any atom is 0.316 e. The van der Waals surface area contributed by atoms with Gasteiger partial charge in [-0.3, -0.25) is 0 Å². The number of carbonyl (C=O) groups is 1. The first-order valence-corrected chi connectivity index (χ1v) is 5.12. The molecule has 1 aliphatic heterocycles. The van der Waals surface area contributed by atoms with Gasteiger partial charge in [0.05, 0.1) is 5.88 Å². The van der Waals surface area contributed by atoms with E-state index in [1.165, 1.54) is 0 Å². The lowest BCUT2D eigenvalue weighted by atomic mass is 10.2. The summed E-state index contributed by atoms with van der Waals surface area (Å²) in [4.78, 5) is 11.0. The smallest absolute Gasteiger partial charge is 0.316 e. The molecule has 0 spiro atoms. The quantitative estimate of drug-likeness (QED) is 0.714. The average molecular weight is 194 g/mol. The zero-order chi connectivity index (χ0) is 9.10. The van der Waals surface area contributed by atoms with Crippen LogP contribution in [0, 0.1) is 0 Å². The number of hydrogen-bond acceptors (Lipinski definition) is 2. The van der Waals surface area contributed by atoms with Gasteiger partial charge in [-0.25, -0.2) is 4.79 Å². The van der Waals surface area contributed by atoms with Crippen LogP contribution in [-0.2, 0) is 0 Å². The van der Waals surface area contributed by atoms with Crippen molar-refractivity contribution in [3.8, 4) is 0 Å². The Balaban J connectivity index is 2.13. The largest absolute Gasteiger partial charge is 0.329 e. The van der Waals surface area contributed by atoms with Gasteiger partial charge in [-0.05, 0) is 5.56 Å². The number of rotatable bonds is 1. The molecule has 0 aromatic heterocycles. The third-order valence-electron chi connectivity index (χ3n) is 1.85. The Morgan fingerprint density at radius 1 is 1.31 bits per heavy atom. The molecule has 0 saturated carbocycles. The van der Waals surface area contributed by atoms with Gasteiger partial charge in [0.1, 0.15) is 5.37 Å². The van der Waals surface area contributed by atoms with Crippen LogP contribution in [0.15, 0.2) is 30.3 Å². The second-order valence-electron chi connectivity index (χ2n) is 2.75. The van der Waals surface area contributed by atoms with Crippen molar-refractivity contribution in [2.24, 2.45) is 0 Å². The summed E-state index contributed by atoms with van der Waals surface area (Å²) in [6.45, 7) is 0. The normalized spacial score (nSPS) is 21.8. The highest BCUT2D eigenvalue weighted by Crippen LogP contribution is 2.26. The minimum absolute atomic E-state index is 0.0902. The highest BCUT2D eigenvalue weighted by molar-refractivity contribution is 7.99. The van der Waals surface area contributed by atoms with Crippen molar-refractivity contribution in [2.45, 2.75) is 5.37 Å². The van der Waals surface area contributed by atoms with Crippen molar-refractivity contribution < 1.29 is 4.79 Å². The van der Waals surface area contributed by atoms with Crippen molar-refractivity contribution in [2.75, 3.05) is 5.88 Å². The van der Waals surface area contributed by atoms with Gasteiger partial charge in [-0.1, -0.05) is 30.3 Å². The Morgan fingerprint density at radius 2 is 2.08 bits per heavy atom. The molecule has 1 fully saturated rings. The lowest BCUT2D eigenvalue weighted by molar-refractivity contribution is 0.240. The van der Waals surface area contributed by atoms with Crippen LogP contribution in [0.4, 0.5) is 4.79 Å². The predicted molar refractivity (Wildman–Crippen MR) is 53.3 cm³/mol. The average Bonchev–Trinajstić information content (AvgIpc) is 2.19. The number of benzene rings is 1. The molecule has 13 heavy (non-hydrogen) atoms. The lowest BCUT2D eigenvalue weighted by Crippen LogP contribution is -2.41. The van der Waals surface area contributed by atoms with E-state index in [1.807, 2.05) is 30.3 Å². The van der Waals surface area contributed by atoms with Crippen molar-refractivity contribution in [3.05, 3.63) is 35.9 Å². The van der Waals surface area contributed by atoms with Gasteiger partial charge < -0.3 is 10.6 Å². The van der Waals surface area contributed by atoms with Crippen LogP contribution in [0.25, 0.3) is 0 Å². The van der Waals surface area contributed by atoms with Crippen LogP contribution >= 0.6 is 11.8 Å². The van der Waals surface area contributed by atoms with E-state index >= 15 is 0 Å². The van der Waals surface area contributed by atoms with E-state index in [0.717, 1.165) is 5.56 Å². The first-order chi connectivity index (χ1) is 6.36. The van der Waals surface area contributed by atoms with Crippen LogP contribution < -0.4 is 10.6 Å². The Kier molecular flexibility index (Phi) is 2.40. The van der Waals surface area contributed by atoms with Crippen molar-refractivity contribution >= 4 is 17.8 Å². The molecule has 1 atom stereocenters. The molecule has 0 bridgehead atoms. The summed E-state index contributed by atoms with van der Waals surface area (Å²) in [5, 5.41) is 5.63. The third kappa shape index (κ3) is 1.95. The zero-order valence-electron chi connectivity index (χ0n) is 6.99. The highest BCUT2D eigenvalue weighted by Gasteiger charge is 2.18. The fourth-order valence-electron chi connectivity index (χ4n) is 1.21. The van der Waals surface area contributed by atoms with Crippen molar-refractivity contribution in [1.29, 1.82) is 0 Å². The molecule has 2 amide bonds. The second kappa shape index (κ2) is 3.70. The van der Waals surface area contributed by atoms with E-state index < -0.39 is 0 Å². The van der Waals surface area contributed by atoms with Gasteiger partial charge in [0.15, 0.2) is 0 Å². The lowest BCUT2D eigenvalue weighted by Gasteiger charge is -2.23. The Hall–Kier alpha value is -1.16. The Bertz CT molecular complexity index is 302. The summed E-state index contributed by atoms with van der Waals surface area (Å²) in [6.07, 6.45) is 0. The first kappa shape index (κ1) is 8.44. The van der Waals surface area contributed by atoms with Crippen LogP contribution in [0.2, 0.25) is 0 Å². The molecule has 4 heteroatoms. The summed E-state index contributed by atoms with van der Waals surface area (Å²) < 4.78 is 0. The summed E-state index contributed by atoms with van der Waals surface area (Å²) >= 11 is 1.68.